The van der Waals surface area contributed by atoms with Crippen LogP contribution in [0, 0.1) is 0 Å². The molecular weight excluding hydrogens is 250 g/mol. The molecule has 0 aliphatic carbocycles. The Morgan fingerprint density at radius 2 is 2.35 bits per heavy atom. The summed E-state index contributed by atoms with van der Waals surface area (Å²) in [4.78, 5) is 6.49. The highest BCUT2D eigenvalue weighted by Crippen LogP contribution is 2.17. The van der Waals surface area contributed by atoms with Gasteiger partial charge in [0.1, 0.15) is 0 Å². The molecule has 3 rings (SSSR count). The van der Waals surface area contributed by atoms with Gasteiger partial charge in [0.25, 0.3) is 0 Å². The fourth-order valence-corrected chi connectivity index (χ4v) is 2.70. The number of rotatable bonds is 4. The van der Waals surface area contributed by atoms with E-state index in [-0.39, 0.29) is 0 Å². The Labute approximate surface area is 119 Å². The van der Waals surface area contributed by atoms with Crippen LogP contribution in [0.15, 0.2) is 36.7 Å². The van der Waals surface area contributed by atoms with Crippen molar-refractivity contribution in [3.63, 3.8) is 0 Å². The molecule has 0 spiro atoms. The monoisotopic (exact) mass is 271 g/mol. The molecular formula is C16H21N3O. The minimum atomic E-state index is 0.297. The van der Waals surface area contributed by atoms with Crippen LogP contribution in [0.3, 0.4) is 0 Å². The van der Waals surface area contributed by atoms with E-state index < -0.39 is 0 Å². The van der Waals surface area contributed by atoms with E-state index in [1.807, 2.05) is 12.4 Å². The lowest BCUT2D eigenvalue weighted by molar-refractivity contribution is -0.0182. The third kappa shape index (κ3) is 3.15. The van der Waals surface area contributed by atoms with Crippen molar-refractivity contribution < 1.29 is 4.74 Å². The quantitative estimate of drug-likeness (QED) is 0.917. The molecule has 2 aromatic rings. The van der Waals surface area contributed by atoms with Crippen molar-refractivity contribution in [2.24, 2.45) is 0 Å². The van der Waals surface area contributed by atoms with Crippen molar-refractivity contribution in [2.45, 2.75) is 12.6 Å². The van der Waals surface area contributed by atoms with E-state index in [1.165, 1.54) is 16.3 Å². The maximum atomic E-state index is 5.76. The number of benzene rings is 1. The lowest BCUT2D eigenvalue weighted by Crippen LogP contribution is -2.44. The second-order valence-electron chi connectivity index (χ2n) is 5.40. The van der Waals surface area contributed by atoms with E-state index in [2.05, 4.69) is 46.5 Å². The lowest BCUT2D eigenvalue weighted by atomic mass is 10.1. The van der Waals surface area contributed by atoms with E-state index in [1.54, 1.807) is 0 Å². The van der Waals surface area contributed by atoms with Crippen LogP contribution in [-0.2, 0) is 11.3 Å². The maximum Gasteiger partial charge on any atom is 0.0826 e. The zero-order valence-electron chi connectivity index (χ0n) is 11.9. The summed E-state index contributed by atoms with van der Waals surface area (Å²) < 4.78 is 5.76. The highest BCUT2D eigenvalue weighted by atomic mass is 16.5. The molecule has 0 radical (unpaired) electrons. The summed E-state index contributed by atoms with van der Waals surface area (Å²) in [6.45, 7) is 4.64. The maximum absolute atomic E-state index is 5.76. The predicted molar refractivity (Wildman–Crippen MR) is 80.7 cm³/mol. The molecule has 1 atom stereocenters. The molecule has 1 aromatic carbocycles. The number of nitrogens with one attached hydrogen (secondary N) is 1. The molecule has 1 aliphatic rings. The number of ether oxygens (including phenoxy) is 1. The zero-order valence-corrected chi connectivity index (χ0v) is 11.9. The van der Waals surface area contributed by atoms with Gasteiger partial charge in [-0.3, -0.25) is 4.98 Å². The SMILES string of the molecule is CN1CCOC(CNCc2cccc3cnccc23)C1. The Bertz CT molecular complexity index is 567. The summed E-state index contributed by atoms with van der Waals surface area (Å²) in [6.07, 6.45) is 4.06. The zero-order chi connectivity index (χ0) is 13.8. The van der Waals surface area contributed by atoms with E-state index in [0.717, 1.165) is 32.8 Å². The van der Waals surface area contributed by atoms with Crippen molar-refractivity contribution in [1.29, 1.82) is 0 Å². The second kappa shape index (κ2) is 6.31. The normalized spacial score (nSPS) is 20.4. The van der Waals surface area contributed by atoms with Gasteiger partial charge in [0.15, 0.2) is 0 Å². The summed E-state index contributed by atoms with van der Waals surface area (Å²) in [5.41, 5.74) is 1.31. The van der Waals surface area contributed by atoms with Gasteiger partial charge >= 0.3 is 0 Å². The first kappa shape index (κ1) is 13.5. The van der Waals surface area contributed by atoms with Crippen molar-refractivity contribution in [3.8, 4) is 0 Å². The van der Waals surface area contributed by atoms with E-state index in [4.69, 9.17) is 4.74 Å². The van der Waals surface area contributed by atoms with Crippen LogP contribution in [0.2, 0.25) is 0 Å². The molecule has 2 heterocycles. The van der Waals surface area contributed by atoms with Gasteiger partial charge in [0.2, 0.25) is 0 Å². The molecule has 4 heteroatoms. The first-order chi connectivity index (χ1) is 9.83. The molecule has 20 heavy (non-hydrogen) atoms. The van der Waals surface area contributed by atoms with Crippen LogP contribution in [0.1, 0.15) is 5.56 Å². The number of fused-ring (bicyclic) bond motifs is 1. The summed E-state index contributed by atoms with van der Waals surface area (Å²) in [5.74, 6) is 0. The van der Waals surface area contributed by atoms with Crippen LogP contribution in [0.25, 0.3) is 10.8 Å². The Morgan fingerprint density at radius 3 is 3.25 bits per heavy atom. The highest BCUT2D eigenvalue weighted by molar-refractivity contribution is 5.84. The largest absolute Gasteiger partial charge is 0.374 e. The minimum Gasteiger partial charge on any atom is -0.374 e. The third-order valence-corrected chi connectivity index (χ3v) is 3.80. The summed E-state index contributed by atoms with van der Waals surface area (Å²) >= 11 is 0. The van der Waals surface area contributed by atoms with Crippen LogP contribution in [0.5, 0.6) is 0 Å². The fourth-order valence-electron chi connectivity index (χ4n) is 2.70. The van der Waals surface area contributed by atoms with Gasteiger partial charge in [-0.05, 0) is 24.1 Å². The molecule has 1 saturated heterocycles. The number of pyridine rings is 1. The van der Waals surface area contributed by atoms with Gasteiger partial charge in [-0.15, -0.1) is 0 Å². The molecule has 106 valence electrons. The number of likely N-dealkylation sites (N-methyl/N-ethyl adjacent to an activating group) is 1. The number of aromatic nitrogens is 1. The van der Waals surface area contributed by atoms with Crippen LogP contribution in [-0.4, -0.2) is 49.3 Å². The number of hydrogen-bond acceptors (Lipinski definition) is 4. The van der Waals surface area contributed by atoms with Crippen molar-refractivity contribution in [2.75, 3.05) is 33.3 Å². The summed E-state index contributed by atoms with van der Waals surface area (Å²) in [5, 5.41) is 5.98. The standard InChI is InChI=1S/C16H21N3O/c1-19-7-8-20-15(12-19)11-18-10-14-4-2-3-13-9-17-6-5-16(13)14/h2-6,9,15,18H,7-8,10-12H2,1H3. The molecule has 1 N–H and O–H groups in total. The van der Waals surface area contributed by atoms with E-state index in [9.17, 15) is 0 Å². The molecule has 0 amide bonds. The van der Waals surface area contributed by atoms with Crippen LogP contribution >= 0.6 is 0 Å². The Morgan fingerprint density at radius 1 is 1.40 bits per heavy atom. The molecule has 0 bridgehead atoms. The molecule has 1 fully saturated rings. The smallest absolute Gasteiger partial charge is 0.0826 e. The molecule has 0 saturated carbocycles. The fraction of sp³-hybridized carbons (Fsp3) is 0.438. The first-order valence-electron chi connectivity index (χ1n) is 7.15. The molecule has 1 aliphatic heterocycles. The lowest BCUT2D eigenvalue weighted by Gasteiger charge is -2.30. The van der Waals surface area contributed by atoms with E-state index >= 15 is 0 Å². The first-order valence-corrected chi connectivity index (χ1v) is 7.15. The predicted octanol–water partition coefficient (Wildman–Crippen LogP) is 1.65. The molecule has 1 aromatic heterocycles. The third-order valence-electron chi connectivity index (χ3n) is 3.80. The van der Waals surface area contributed by atoms with Gasteiger partial charge in [-0.2, -0.15) is 0 Å². The average molecular weight is 271 g/mol. The number of morpholine rings is 1. The number of hydrogen-bond donors (Lipinski definition) is 1. The molecule has 1 unspecified atom stereocenters. The molecule has 4 nitrogen and oxygen atoms in total. The summed E-state index contributed by atoms with van der Waals surface area (Å²) in [6, 6.07) is 8.44. The van der Waals surface area contributed by atoms with Crippen LogP contribution in [0.4, 0.5) is 0 Å². The minimum absolute atomic E-state index is 0.297. The van der Waals surface area contributed by atoms with Crippen molar-refractivity contribution in [1.82, 2.24) is 15.2 Å². The second-order valence-corrected chi connectivity index (χ2v) is 5.40. The Kier molecular flexibility index (Phi) is 4.25. The Hall–Kier alpha value is -1.49. The van der Waals surface area contributed by atoms with Crippen molar-refractivity contribution >= 4 is 10.8 Å². The van der Waals surface area contributed by atoms with Gasteiger partial charge in [-0.25, -0.2) is 0 Å². The topological polar surface area (TPSA) is 37.4 Å². The van der Waals surface area contributed by atoms with Gasteiger partial charge in [0, 0.05) is 44.0 Å². The van der Waals surface area contributed by atoms with E-state index in [0.29, 0.717) is 6.10 Å². The average Bonchev–Trinajstić information content (AvgIpc) is 2.48. The van der Waals surface area contributed by atoms with Crippen LogP contribution < -0.4 is 5.32 Å². The number of nitrogens with zero attached hydrogens (tertiary/aromatic N) is 2. The van der Waals surface area contributed by atoms with Gasteiger partial charge < -0.3 is 15.0 Å². The van der Waals surface area contributed by atoms with Gasteiger partial charge in [0.05, 0.1) is 12.7 Å². The van der Waals surface area contributed by atoms with Gasteiger partial charge in [-0.1, -0.05) is 18.2 Å². The summed E-state index contributed by atoms with van der Waals surface area (Å²) in [7, 11) is 2.15. The van der Waals surface area contributed by atoms with Crippen molar-refractivity contribution in [3.05, 3.63) is 42.2 Å². The Balaban J connectivity index is 1.60. The highest BCUT2D eigenvalue weighted by Gasteiger charge is 2.16.